The largest absolute Gasteiger partial charge is 0.313 e. The van der Waals surface area contributed by atoms with Crippen LogP contribution in [-0.4, -0.2) is 60.1 Å². The highest BCUT2D eigenvalue weighted by Crippen LogP contribution is 2.25. The Bertz CT molecular complexity index is 267. The molecule has 2 rings (SSSR count). The number of piperidine rings is 1. The van der Waals surface area contributed by atoms with Crippen molar-refractivity contribution in [1.29, 1.82) is 0 Å². The maximum absolute atomic E-state index is 3.63. The zero-order valence-corrected chi connectivity index (χ0v) is 13.4. The normalized spacial score (nSPS) is 31.4. The topological polar surface area (TPSA) is 18.5 Å². The van der Waals surface area contributed by atoms with Crippen LogP contribution in [0.2, 0.25) is 0 Å². The van der Waals surface area contributed by atoms with Crippen LogP contribution in [0.4, 0.5) is 0 Å². The molecule has 2 aliphatic heterocycles. The van der Waals surface area contributed by atoms with Crippen LogP contribution in [0.25, 0.3) is 0 Å². The van der Waals surface area contributed by atoms with Crippen LogP contribution in [0.5, 0.6) is 0 Å². The van der Waals surface area contributed by atoms with Gasteiger partial charge in [-0.15, -0.1) is 0 Å². The minimum absolute atomic E-state index is 0.598. The van der Waals surface area contributed by atoms with Gasteiger partial charge >= 0.3 is 0 Å². The molecule has 2 aliphatic rings. The fourth-order valence-electron chi connectivity index (χ4n) is 3.75. The van der Waals surface area contributed by atoms with Crippen LogP contribution >= 0.6 is 0 Å². The standard InChI is InChI=1S/C16H33N3/c1-5-15(10-17-13(2)3)19-12-16-8-6-7-9-18(16)11-14(19)4/h13-17H,5-12H2,1-4H3. The Morgan fingerprint density at radius 2 is 2.00 bits per heavy atom. The van der Waals surface area contributed by atoms with Crippen molar-refractivity contribution >= 4 is 0 Å². The molecule has 0 aromatic heterocycles. The molecule has 3 nitrogen and oxygen atoms in total. The molecule has 3 atom stereocenters. The lowest BCUT2D eigenvalue weighted by Crippen LogP contribution is -2.62. The van der Waals surface area contributed by atoms with E-state index in [4.69, 9.17) is 0 Å². The second-order valence-corrected chi connectivity index (χ2v) is 6.82. The van der Waals surface area contributed by atoms with Crippen LogP contribution in [0.15, 0.2) is 0 Å². The summed E-state index contributed by atoms with van der Waals surface area (Å²) in [6.45, 7) is 14.3. The van der Waals surface area contributed by atoms with Gasteiger partial charge in [-0.1, -0.05) is 27.2 Å². The maximum Gasteiger partial charge on any atom is 0.0224 e. The van der Waals surface area contributed by atoms with Crippen molar-refractivity contribution in [3.05, 3.63) is 0 Å². The predicted octanol–water partition coefficient (Wildman–Crippen LogP) is 2.32. The van der Waals surface area contributed by atoms with E-state index in [2.05, 4.69) is 42.8 Å². The van der Waals surface area contributed by atoms with E-state index >= 15 is 0 Å². The molecule has 2 heterocycles. The van der Waals surface area contributed by atoms with Gasteiger partial charge in [0.25, 0.3) is 0 Å². The van der Waals surface area contributed by atoms with Crippen molar-refractivity contribution in [2.24, 2.45) is 0 Å². The van der Waals surface area contributed by atoms with E-state index in [1.54, 1.807) is 0 Å². The van der Waals surface area contributed by atoms with E-state index in [1.165, 1.54) is 45.3 Å². The molecule has 3 unspecified atom stereocenters. The summed E-state index contributed by atoms with van der Waals surface area (Å²) in [6, 6.07) is 2.85. The lowest BCUT2D eigenvalue weighted by molar-refractivity contribution is -0.00877. The highest BCUT2D eigenvalue weighted by molar-refractivity contribution is 4.92. The van der Waals surface area contributed by atoms with Gasteiger partial charge in [0.15, 0.2) is 0 Å². The van der Waals surface area contributed by atoms with Crippen molar-refractivity contribution < 1.29 is 0 Å². The Labute approximate surface area is 119 Å². The molecule has 2 fully saturated rings. The van der Waals surface area contributed by atoms with E-state index < -0.39 is 0 Å². The van der Waals surface area contributed by atoms with Gasteiger partial charge in [-0.25, -0.2) is 0 Å². The number of fused-ring (bicyclic) bond motifs is 1. The predicted molar refractivity (Wildman–Crippen MR) is 82.6 cm³/mol. The first-order chi connectivity index (χ1) is 9.11. The molecule has 0 aromatic rings. The Morgan fingerprint density at radius 3 is 2.68 bits per heavy atom. The van der Waals surface area contributed by atoms with Gasteiger partial charge in [0.05, 0.1) is 0 Å². The lowest BCUT2D eigenvalue weighted by atomic mass is 9.95. The number of hydrogen-bond acceptors (Lipinski definition) is 3. The average molecular weight is 267 g/mol. The molecule has 1 N–H and O–H groups in total. The molecule has 0 aliphatic carbocycles. The van der Waals surface area contributed by atoms with Crippen molar-refractivity contribution in [3.8, 4) is 0 Å². The zero-order valence-electron chi connectivity index (χ0n) is 13.4. The van der Waals surface area contributed by atoms with Gasteiger partial charge in [0.1, 0.15) is 0 Å². The van der Waals surface area contributed by atoms with Crippen LogP contribution in [0.3, 0.4) is 0 Å². The maximum atomic E-state index is 3.63. The Balaban J connectivity index is 1.93. The third kappa shape index (κ3) is 3.93. The van der Waals surface area contributed by atoms with E-state index in [0.717, 1.165) is 12.6 Å². The van der Waals surface area contributed by atoms with Crippen molar-refractivity contribution in [1.82, 2.24) is 15.1 Å². The molecular weight excluding hydrogens is 234 g/mol. The lowest BCUT2D eigenvalue weighted by Gasteiger charge is -2.50. The van der Waals surface area contributed by atoms with E-state index in [9.17, 15) is 0 Å². The Morgan fingerprint density at radius 1 is 1.21 bits per heavy atom. The van der Waals surface area contributed by atoms with E-state index in [1.807, 2.05) is 0 Å². The number of nitrogens with zero attached hydrogens (tertiary/aromatic N) is 2. The SMILES string of the molecule is CCC(CNC(C)C)N1CC2CCCCN2CC1C. The molecule has 0 aromatic carbocycles. The second-order valence-electron chi connectivity index (χ2n) is 6.82. The first kappa shape index (κ1) is 15.3. The number of rotatable bonds is 5. The number of piperazine rings is 1. The summed E-state index contributed by atoms with van der Waals surface area (Å²) in [5.74, 6) is 0. The summed E-state index contributed by atoms with van der Waals surface area (Å²) in [5.41, 5.74) is 0. The van der Waals surface area contributed by atoms with Crippen molar-refractivity contribution in [2.45, 2.75) is 77.5 Å². The third-order valence-corrected chi connectivity index (χ3v) is 4.94. The summed E-state index contributed by atoms with van der Waals surface area (Å²) in [5, 5.41) is 3.63. The molecule has 0 bridgehead atoms. The molecule has 0 saturated carbocycles. The Kier molecular flexibility index (Phi) is 5.67. The highest BCUT2D eigenvalue weighted by atomic mass is 15.3. The molecule has 3 heteroatoms. The van der Waals surface area contributed by atoms with E-state index in [0.29, 0.717) is 18.1 Å². The van der Waals surface area contributed by atoms with Gasteiger partial charge in [0, 0.05) is 43.8 Å². The van der Waals surface area contributed by atoms with Gasteiger partial charge in [-0.05, 0) is 32.7 Å². The molecule has 112 valence electrons. The first-order valence-corrected chi connectivity index (χ1v) is 8.35. The van der Waals surface area contributed by atoms with Crippen LogP contribution in [0, 0.1) is 0 Å². The zero-order chi connectivity index (χ0) is 13.8. The molecule has 19 heavy (non-hydrogen) atoms. The highest BCUT2D eigenvalue weighted by Gasteiger charge is 2.35. The minimum atomic E-state index is 0.598. The molecule has 0 spiro atoms. The molecule has 0 radical (unpaired) electrons. The summed E-state index contributed by atoms with van der Waals surface area (Å²) in [4.78, 5) is 5.52. The molecular formula is C16H33N3. The third-order valence-electron chi connectivity index (χ3n) is 4.94. The fraction of sp³-hybridized carbons (Fsp3) is 1.00. The molecule has 0 amide bonds. The van der Waals surface area contributed by atoms with Gasteiger partial charge in [-0.3, -0.25) is 9.80 Å². The summed E-state index contributed by atoms with van der Waals surface area (Å²) in [6.07, 6.45) is 5.52. The van der Waals surface area contributed by atoms with E-state index in [-0.39, 0.29) is 0 Å². The average Bonchev–Trinajstić information content (AvgIpc) is 2.39. The van der Waals surface area contributed by atoms with Crippen LogP contribution < -0.4 is 5.32 Å². The van der Waals surface area contributed by atoms with Gasteiger partial charge in [-0.2, -0.15) is 0 Å². The number of hydrogen-bond donors (Lipinski definition) is 1. The summed E-state index contributed by atoms with van der Waals surface area (Å²) < 4.78 is 0. The molecule has 2 saturated heterocycles. The number of nitrogens with one attached hydrogen (secondary N) is 1. The van der Waals surface area contributed by atoms with Gasteiger partial charge in [0.2, 0.25) is 0 Å². The van der Waals surface area contributed by atoms with Crippen molar-refractivity contribution in [3.63, 3.8) is 0 Å². The van der Waals surface area contributed by atoms with Crippen LogP contribution in [0.1, 0.15) is 53.4 Å². The van der Waals surface area contributed by atoms with Crippen molar-refractivity contribution in [2.75, 3.05) is 26.2 Å². The quantitative estimate of drug-likeness (QED) is 0.825. The fourth-order valence-corrected chi connectivity index (χ4v) is 3.75. The smallest absolute Gasteiger partial charge is 0.0224 e. The van der Waals surface area contributed by atoms with Gasteiger partial charge < -0.3 is 5.32 Å². The Hall–Kier alpha value is -0.120. The monoisotopic (exact) mass is 267 g/mol. The summed E-state index contributed by atoms with van der Waals surface area (Å²) >= 11 is 0. The summed E-state index contributed by atoms with van der Waals surface area (Å²) in [7, 11) is 0. The minimum Gasteiger partial charge on any atom is -0.313 e. The first-order valence-electron chi connectivity index (χ1n) is 8.35. The van der Waals surface area contributed by atoms with Crippen LogP contribution in [-0.2, 0) is 0 Å². The second kappa shape index (κ2) is 7.05.